The third-order valence-corrected chi connectivity index (χ3v) is 4.93. The first-order valence-electron chi connectivity index (χ1n) is 9.40. The molecule has 152 valence electrons. The molecular weight excluding hydrogens is 419 g/mol. The summed E-state index contributed by atoms with van der Waals surface area (Å²) in [6, 6.07) is 19.1. The summed E-state index contributed by atoms with van der Waals surface area (Å²) in [7, 11) is 0. The van der Waals surface area contributed by atoms with Crippen molar-refractivity contribution in [2.45, 2.75) is 26.5 Å². The molecule has 0 unspecified atom stereocenters. The van der Waals surface area contributed by atoms with Crippen molar-refractivity contribution in [2.24, 2.45) is 0 Å². The first-order valence-corrected chi connectivity index (χ1v) is 10.2. The van der Waals surface area contributed by atoms with Crippen molar-refractivity contribution in [3.63, 3.8) is 0 Å². The van der Waals surface area contributed by atoms with Crippen molar-refractivity contribution in [3.8, 4) is 11.8 Å². The summed E-state index contributed by atoms with van der Waals surface area (Å²) in [6.07, 6.45) is 1.45. The maximum atomic E-state index is 12.1. The summed E-state index contributed by atoms with van der Waals surface area (Å²) in [4.78, 5) is 12.1. The van der Waals surface area contributed by atoms with Gasteiger partial charge < -0.3 is 10.1 Å². The Balaban J connectivity index is 1.83. The molecule has 0 aliphatic carbocycles. The molecule has 3 rings (SSSR count). The second-order valence-electron chi connectivity index (χ2n) is 7.04. The fourth-order valence-electron chi connectivity index (χ4n) is 3.02. The van der Waals surface area contributed by atoms with Gasteiger partial charge in [-0.2, -0.15) is 5.26 Å². The molecule has 0 radical (unpaired) electrons. The van der Waals surface area contributed by atoms with Crippen LogP contribution in [0.25, 0.3) is 16.8 Å². The Kier molecular flexibility index (Phi) is 6.99. The van der Waals surface area contributed by atoms with Crippen molar-refractivity contribution in [1.29, 1.82) is 5.26 Å². The lowest BCUT2D eigenvalue weighted by Gasteiger charge is -2.13. The van der Waals surface area contributed by atoms with Crippen LogP contribution in [0.2, 0.25) is 10.0 Å². The van der Waals surface area contributed by atoms with Gasteiger partial charge in [-0.3, -0.25) is 4.79 Å². The summed E-state index contributed by atoms with van der Waals surface area (Å²) in [5, 5.41) is 14.8. The van der Waals surface area contributed by atoms with Crippen LogP contribution < -0.4 is 10.1 Å². The van der Waals surface area contributed by atoms with E-state index in [1.165, 1.54) is 6.08 Å². The minimum absolute atomic E-state index is 0.0275. The van der Waals surface area contributed by atoms with E-state index in [9.17, 15) is 10.1 Å². The van der Waals surface area contributed by atoms with Gasteiger partial charge in [-0.15, -0.1) is 0 Å². The number of fused-ring (bicyclic) bond motifs is 1. The Morgan fingerprint density at radius 3 is 2.47 bits per heavy atom. The fourth-order valence-corrected chi connectivity index (χ4v) is 3.64. The topological polar surface area (TPSA) is 62.1 Å². The monoisotopic (exact) mass is 438 g/mol. The molecule has 0 atom stereocenters. The van der Waals surface area contributed by atoms with Gasteiger partial charge in [0.1, 0.15) is 18.2 Å². The molecule has 0 bridgehead atoms. The zero-order valence-corrected chi connectivity index (χ0v) is 18.1. The molecular formula is C24H20Cl2N2O2. The molecule has 3 aromatic carbocycles. The van der Waals surface area contributed by atoms with Gasteiger partial charge >= 0.3 is 0 Å². The molecule has 1 N–H and O–H groups in total. The van der Waals surface area contributed by atoms with Crippen molar-refractivity contribution in [2.75, 3.05) is 0 Å². The molecule has 0 fully saturated rings. The third-order valence-electron chi connectivity index (χ3n) is 4.37. The summed E-state index contributed by atoms with van der Waals surface area (Å²) < 4.78 is 5.92. The highest BCUT2D eigenvalue weighted by Crippen LogP contribution is 2.36. The fraction of sp³-hybridized carbons (Fsp3) is 0.167. The third kappa shape index (κ3) is 5.13. The number of nitrogens with zero attached hydrogens (tertiary/aromatic N) is 1. The Labute approximate surface area is 185 Å². The molecule has 1 amide bonds. The van der Waals surface area contributed by atoms with Crippen molar-refractivity contribution in [1.82, 2.24) is 5.32 Å². The second-order valence-corrected chi connectivity index (χ2v) is 7.85. The molecule has 0 saturated carbocycles. The highest BCUT2D eigenvalue weighted by atomic mass is 35.5. The largest absolute Gasteiger partial charge is 0.486 e. The van der Waals surface area contributed by atoms with Crippen LogP contribution in [0.1, 0.15) is 25.0 Å². The van der Waals surface area contributed by atoms with E-state index in [4.69, 9.17) is 27.9 Å². The van der Waals surface area contributed by atoms with E-state index in [1.807, 2.05) is 62.4 Å². The Morgan fingerprint density at radius 1 is 1.13 bits per heavy atom. The molecule has 0 heterocycles. The predicted octanol–water partition coefficient (Wildman–Crippen LogP) is 6.16. The summed E-state index contributed by atoms with van der Waals surface area (Å²) >= 11 is 12.8. The predicted molar refractivity (Wildman–Crippen MR) is 122 cm³/mol. The first kappa shape index (κ1) is 21.7. The van der Waals surface area contributed by atoms with Gasteiger partial charge in [0.15, 0.2) is 5.75 Å². The number of nitrogens with one attached hydrogen (secondary N) is 1. The molecule has 0 aliphatic heterocycles. The van der Waals surface area contributed by atoms with Gasteiger partial charge in [-0.1, -0.05) is 65.7 Å². The van der Waals surface area contributed by atoms with Crippen molar-refractivity contribution in [3.05, 3.63) is 81.3 Å². The number of amides is 1. The number of ether oxygens (including phenoxy) is 1. The van der Waals surface area contributed by atoms with Gasteiger partial charge in [0.25, 0.3) is 5.91 Å². The molecule has 0 spiro atoms. The summed E-state index contributed by atoms with van der Waals surface area (Å²) in [5.41, 5.74) is 1.53. The average Bonchev–Trinajstić information content (AvgIpc) is 2.71. The smallest absolute Gasteiger partial charge is 0.262 e. The zero-order chi connectivity index (χ0) is 21.7. The lowest BCUT2D eigenvalue weighted by atomic mass is 10.1. The van der Waals surface area contributed by atoms with Crippen LogP contribution >= 0.6 is 23.2 Å². The molecule has 0 saturated heterocycles. The van der Waals surface area contributed by atoms with Gasteiger partial charge in [0, 0.05) is 6.04 Å². The Bertz CT molecular complexity index is 1140. The SMILES string of the molecule is CC(C)NC(=O)/C(C#N)=C\c1cc(Cl)c(OCc2cccc3ccccc23)c(Cl)c1. The van der Waals surface area contributed by atoms with Crippen LogP contribution in [0.4, 0.5) is 0 Å². The highest BCUT2D eigenvalue weighted by molar-refractivity contribution is 6.37. The van der Waals surface area contributed by atoms with Gasteiger partial charge in [-0.25, -0.2) is 0 Å². The number of benzene rings is 3. The van der Waals surface area contributed by atoms with E-state index in [1.54, 1.807) is 12.1 Å². The van der Waals surface area contributed by atoms with E-state index >= 15 is 0 Å². The van der Waals surface area contributed by atoms with Crippen LogP contribution in [0.5, 0.6) is 5.75 Å². The van der Waals surface area contributed by atoms with Gasteiger partial charge in [0.05, 0.1) is 10.0 Å². The highest BCUT2D eigenvalue weighted by Gasteiger charge is 2.14. The van der Waals surface area contributed by atoms with Crippen molar-refractivity contribution >= 4 is 46.0 Å². The second kappa shape index (κ2) is 9.67. The summed E-state index contributed by atoms with van der Waals surface area (Å²) in [5.74, 6) is -0.0930. The lowest BCUT2D eigenvalue weighted by molar-refractivity contribution is -0.117. The number of hydrogen-bond donors (Lipinski definition) is 1. The number of rotatable bonds is 6. The maximum absolute atomic E-state index is 12.1. The Morgan fingerprint density at radius 2 is 1.80 bits per heavy atom. The van der Waals surface area contributed by atoms with Gasteiger partial charge in [-0.05, 0) is 54.0 Å². The van der Waals surface area contributed by atoms with E-state index in [-0.39, 0.29) is 11.6 Å². The minimum atomic E-state index is -0.448. The van der Waals surface area contributed by atoms with Crippen molar-refractivity contribution < 1.29 is 9.53 Å². The minimum Gasteiger partial charge on any atom is -0.486 e. The van der Waals surface area contributed by atoms with Crippen LogP contribution in [0, 0.1) is 11.3 Å². The molecule has 30 heavy (non-hydrogen) atoms. The average molecular weight is 439 g/mol. The Hall–Kier alpha value is -3.00. The van der Waals surface area contributed by atoms with Crippen LogP contribution in [-0.4, -0.2) is 11.9 Å². The van der Waals surface area contributed by atoms with Crippen LogP contribution in [0.3, 0.4) is 0 Å². The number of nitriles is 1. The molecule has 3 aromatic rings. The number of hydrogen-bond acceptors (Lipinski definition) is 3. The molecule has 0 aromatic heterocycles. The quantitative estimate of drug-likeness (QED) is 0.370. The number of carbonyl (C=O) groups excluding carboxylic acids is 1. The van der Waals surface area contributed by atoms with Gasteiger partial charge in [0.2, 0.25) is 0 Å². The number of halogens is 2. The first-order chi connectivity index (χ1) is 14.4. The zero-order valence-electron chi connectivity index (χ0n) is 16.6. The molecule has 0 aliphatic rings. The van der Waals surface area contributed by atoms with Crippen LogP contribution in [0.15, 0.2) is 60.2 Å². The van der Waals surface area contributed by atoms with E-state index in [0.29, 0.717) is 28.0 Å². The lowest BCUT2D eigenvalue weighted by Crippen LogP contribution is -2.30. The normalized spacial score (nSPS) is 11.4. The van der Waals surface area contributed by atoms with E-state index < -0.39 is 5.91 Å². The number of carbonyl (C=O) groups is 1. The maximum Gasteiger partial charge on any atom is 0.262 e. The molecule has 6 heteroatoms. The van der Waals surface area contributed by atoms with E-state index in [0.717, 1.165) is 16.3 Å². The van der Waals surface area contributed by atoms with Crippen LogP contribution in [-0.2, 0) is 11.4 Å². The standard InChI is InChI=1S/C24H20Cl2N2O2/c1-15(2)28-24(29)19(13-27)10-16-11-21(25)23(22(26)12-16)30-14-18-8-5-7-17-6-3-4-9-20(17)18/h3-12,15H,14H2,1-2H3,(H,28,29)/b19-10-. The summed E-state index contributed by atoms with van der Waals surface area (Å²) in [6.45, 7) is 3.95. The molecule has 4 nitrogen and oxygen atoms in total. The van der Waals surface area contributed by atoms with E-state index in [2.05, 4.69) is 5.32 Å².